The lowest BCUT2D eigenvalue weighted by Gasteiger charge is -2.17. The van der Waals surface area contributed by atoms with E-state index in [-0.39, 0.29) is 24.9 Å². The van der Waals surface area contributed by atoms with Gasteiger partial charge in [0.1, 0.15) is 23.9 Å². The van der Waals surface area contributed by atoms with Crippen molar-refractivity contribution >= 4 is 17.9 Å². The molecule has 1 aromatic carbocycles. The Labute approximate surface area is 144 Å². The SMILES string of the molecule is COc1cc(CN2CC(=O)N(c3nc(C)nn3C)C2=O)cc(OC)c1. The molecule has 3 amide bonds. The summed E-state index contributed by atoms with van der Waals surface area (Å²) in [5.74, 6) is 1.61. The Morgan fingerprint density at radius 2 is 1.76 bits per heavy atom. The van der Waals surface area contributed by atoms with Gasteiger partial charge in [-0.15, -0.1) is 0 Å². The van der Waals surface area contributed by atoms with E-state index >= 15 is 0 Å². The van der Waals surface area contributed by atoms with Crippen molar-refractivity contribution in [3.63, 3.8) is 0 Å². The Balaban J connectivity index is 1.84. The van der Waals surface area contributed by atoms with Crippen LogP contribution in [0.5, 0.6) is 11.5 Å². The van der Waals surface area contributed by atoms with Crippen LogP contribution in [-0.4, -0.2) is 52.4 Å². The Morgan fingerprint density at radius 1 is 1.12 bits per heavy atom. The van der Waals surface area contributed by atoms with Gasteiger partial charge < -0.3 is 14.4 Å². The van der Waals surface area contributed by atoms with E-state index in [9.17, 15) is 9.59 Å². The Kier molecular flexibility index (Phi) is 4.30. The monoisotopic (exact) mass is 345 g/mol. The summed E-state index contributed by atoms with van der Waals surface area (Å²) in [5, 5.41) is 4.09. The van der Waals surface area contributed by atoms with E-state index in [1.807, 2.05) is 0 Å². The molecule has 0 saturated carbocycles. The Hall–Kier alpha value is -3.10. The number of aromatic nitrogens is 3. The molecule has 3 rings (SSSR count). The van der Waals surface area contributed by atoms with Gasteiger partial charge in [-0.05, 0) is 24.6 Å². The highest BCUT2D eigenvalue weighted by molar-refractivity contribution is 6.18. The summed E-state index contributed by atoms with van der Waals surface area (Å²) in [7, 11) is 4.76. The highest BCUT2D eigenvalue weighted by Gasteiger charge is 2.39. The largest absolute Gasteiger partial charge is 0.497 e. The number of hydrogen-bond acceptors (Lipinski definition) is 6. The van der Waals surface area contributed by atoms with Crippen LogP contribution in [-0.2, 0) is 18.4 Å². The molecule has 0 aliphatic carbocycles. The summed E-state index contributed by atoms with van der Waals surface area (Å²) < 4.78 is 11.9. The summed E-state index contributed by atoms with van der Waals surface area (Å²) in [5.41, 5.74) is 0.799. The molecule has 0 unspecified atom stereocenters. The molecule has 2 heterocycles. The van der Waals surface area contributed by atoms with Crippen LogP contribution in [0, 0.1) is 6.92 Å². The molecule has 1 fully saturated rings. The predicted octanol–water partition coefficient (Wildman–Crippen LogP) is 1.11. The number of methoxy groups -OCH3 is 2. The van der Waals surface area contributed by atoms with Crippen LogP contribution in [0.25, 0.3) is 0 Å². The number of rotatable bonds is 5. The molecule has 0 radical (unpaired) electrons. The second-order valence-electron chi connectivity index (χ2n) is 5.67. The lowest BCUT2D eigenvalue weighted by molar-refractivity contribution is -0.116. The van der Waals surface area contributed by atoms with Crippen LogP contribution in [0.2, 0.25) is 0 Å². The number of ether oxygens (including phenoxy) is 2. The first-order chi connectivity index (χ1) is 11.9. The minimum absolute atomic E-state index is 0.0235. The lowest BCUT2D eigenvalue weighted by Crippen LogP contribution is -2.34. The zero-order valence-electron chi connectivity index (χ0n) is 14.5. The molecule has 9 nitrogen and oxygen atoms in total. The summed E-state index contributed by atoms with van der Waals surface area (Å²) in [6.07, 6.45) is 0. The number of aryl methyl sites for hydroxylation is 2. The third-order valence-corrected chi connectivity index (χ3v) is 3.87. The minimum Gasteiger partial charge on any atom is -0.497 e. The topological polar surface area (TPSA) is 89.8 Å². The van der Waals surface area contributed by atoms with Crippen molar-refractivity contribution in [1.29, 1.82) is 0 Å². The molecular weight excluding hydrogens is 326 g/mol. The fraction of sp³-hybridized carbons (Fsp3) is 0.375. The first-order valence-electron chi connectivity index (χ1n) is 7.64. The van der Waals surface area contributed by atoms with Gasteiger partial charge in [-0.3, -0.25) is 4.79 Å². The molecule has 0 bridgehead atoms. The van der Waals surface area contributed by atoms with Gasteiger partial charge >= 0.3 is 6.03 Å². The molecule has 1 aliphatic heterocycles. The van der Waals surface area contributed by atoms with Crippen LogP contribution in [0.15, 0.2) is 18.2 Å². The van der Waals surface area contributed by atoms with Gasteiger partial charge in [0, 0.05) is 19.7 Å². The number of anilines is 1. The zero-order chi connectivity index (χ0) is 18.1. The van der Waals surface area contributed by atoms with Crippen molar-refractivity contribution in [2.45, 2.75) is 13.5 Å². The maximum atomic E-state index is 12.7. The molecule has 1 aromatic heterocycles. The summed E-state index contributed by atoms with van der Waals surface area (Å²) in [6, 6.07) is 4.92. The van der Waals surface area contributed by atoms with Gasteiger partial charge in [0.2, 0.25) is 5.95 Å². The van der Waals surface area contributed by atoms with Crippen molar-refractivity contribution < 1.29 is 19.1 Å². The van der Waals surface area contributed by atoms with Crippen molar-refractivity contribution in [3.05, 3.63) is 29.6 Å². The highest BCUT2D eigenvalue weighted by atomic mass is 16.5. The maximum Gasteiger partial charge on any atom is 0.334 e. The molecule has 2 aromatic rings. The second kappa shape index (κ2) is 6.42. The first-order valence-corrected chi connectivity index (χ1v) is 7.64. The molecule has 25 heavy (non-hydrogen) atoms. The minimum atomic E-state index is -0.428. The number of nitrogens with zero attached hydrogens (tertiary/aromatic N) is 5. The average molecular weight is 345 g/mol. The fourth-order valence-corrected chi connectivity index (χ4v) is 2.74. The number of carbonyl (C=O) groups is 2. The van der Waals surface area contributed by atoms with Crippen molar-refractivity contribution in [2.24, 2.45) is 7.05 Å². The van der Waals surface area contributed by atoms with E-state index in [4.69, 9.17) is 9.47 Å². The second-order valence-corrected chi connectivity index (χ2v) is 5.67. The number of hydrogen-bond donors (Lipinski definition) is 0. The third kappa shape index (κ3) is 3.12. The average Bonchev–Trinajstić information content (AvgIpc) is 3.05. The Bertz CT molecular complexity index is 810. The van der Waals surface area contributed by atoms with Gasteiger partial charge in [-0.1, -0.05) is 0 Å². The van der Waals surface area contributed by atoms with Gasteiger partial charge in [-0.2, -0.15) is 15.0 Å². The van der Waals surface area contributed by atoms with Crippen LogP contribution in [0.3, 0.4) is 0 Å². The molecular formula is C16H19N5O4. The van der Waals surface area contributed by atoms with Crippen molar-refractivity contribution in [3.8, 4) is 11.5 Å². The van der Waals surface area contributed by atoms with Gasteiger partial charge in [0.15, 0.2) is 0 Å². The zero-order valence-corrected chi connectivity index (χ0v) is 14.5. The van der Waals surface area contributed by atoms with E-state index < -0.39 is 6.03 Å². The summed E-state index contributed by atoms with van der Waals surface area (Å²) in [4.78, 5) is 31.7. The molecule has 0 atom stereocenters. The molecule has 0 spiro atoms. The van der Waals surface area contributed by atoms with E-state index in [0.717, 1.165) is 10.5 Å². The summed E-state index contributed by atoms with van der Waals surface area (Å²) in [6.45, 7) is 1.94. The number of benzene rings is 1. The van der Waals surface area contributed by atoms with Gasteiger partial charge in [-0.25, -0.2) is 9.48 Å². The number of carbonyl (C=O) groups excluding carboxylic acids is 2. The highest BCUT2D eigenvalue weighted by Crippen LogP contribution is 2.26. The van der Waals surface area contributed by atoms with Gasteiger partial charge in [0.05, 0.1) is 14.2 Å². The van der Waals surface area contributed by atoms with Crippen LogP contribution >= 0.6 is 0 Å². The number of amides is 3. The fourth-order valence-electron chi connectivity index (χ4n) is 2.74. The van der Waals surface area contributed by atoms with Crippen molar-refractivity contribution in [1.82, 2.24) is 19.7 Å². The predicted molar refractivity (Wildman–Crippen MR) is 88.6 cm³/mol. The standard InChI is InChI=1S/C16H19N5O4/c1-10-17-15(19(2)18-10)21-14(22)9-20(16(21)23)8-11-5-12(24-3)7-13(6-11)25-4/h5-7H,8-9H2,1-4H3. The van der Waals surface area contributed by atoms with E-state index in [2.05, 4.69) is 10.1 Å². The number of imide groups is 1. The number of urea groups is 1. The van der Waals surface area contributed by atoms with E-state index in [1.54, 1.807) is 46.4 Å². The maximum absolute atomic E-state index is 12.7. The first kappa shape index (κ1) is 16.7. The smallest absolute Gasteiger partial charge is 0.334 e. The quantitative estimate of drug-likeness (QED) is 0.754. The van der Waals surface area contributed by atoms with Crippen LogP contribution < -0.4 is 14.4 Å². The molecule has 0 N–H and O–H groups in total. The molecule has 9 heteroatoms. The van der Waals surface area contributed by atoms with Crippen LogP contribution in [0.1, 0.15) is 11.4 Å². The van der Waals surface area contributed by atoms with E-state index in [1.165, 1.54) is 9.58 Å². The summed E-state index contributed by atoms with van der Waals surface area (Å²) >= 11 is 0. The normalized spacial score (nSPS) is 14.4. The molecule has 132 valence electrons. The van der Waals surface area contributed by atoms with Crippen molar-refractivity contribution in [2.75, 3.05) is 25.7 Å². The van der Waals surface area contributed by atoms with Gasteiger partial charge in [0.25, 0.3) is 5.91 Å². The molecule has 1 aliphatic rings. The third-order valence-electron chi connectivity index (χ3n) is 3.87. The lowest BCUT2D eigenvalue weighted by atomic mass is 10.2. The van der Waals surface area contributed by atoms with E-state index in [0.29, 0.717) is 17.3 Å². The molecule has 1 saturated heterocycles. The Morgan fingerprint density at radius 3 is 2.28 bits per heavy atom. The van der Waals surface area contributed by atoms with Crippen LogP contribution in [0.4, 0.5) is 10.7 Å².